The third-order valence-corrected chi connectivity index (χ3v) is 4.24. The van der Waals surface area contributed by atoms with Crippen LogP contribution >= 0.6 is 0 Å². The van der Waals surface area contributed by atoms with Gasteiger partial charge in [-0.1, -0.05) is 18.2 Å². The summed E-state index contributed by atoms with van der Waals surface area (Å²) in [5, 5.41) is 2.87. The molecule has 0 saturated heterocycles. The second-order valence-corrected chi connectivity index (χ2v) is 5.89. The van der Waals surface area contributed by atoms with Gasteiger partial charge in [0.05, 0.1) is 0 Å². The lowest BCUT2D eigenvalue weighted by atomic mass is 10.0. The summed E-state index contributed by atoms with van der Waals surface area (Å²) in [7, 11) is 1.79. The number of halogens is 1. The van der Waals surface area contributed by atoms with Crippen LogP contribution in [0.15, 0.2) is 54.9 Å². The Morgan fingerprint density at radius 3 is 2.81 bits per heavy atom. The predicted molar refractivity (Wildman–Crippen MR) is 91.5 cm³/mol. The van der Waals surface area contributed by atoms with Crippen LogP contribution in [-0.2, 0) is 7.05 Å². The summed E-state index contributed by atoms with van der Waals surface area (Å²) in [6.45, 7) is 0.130. The van der Waals surface area contributed by atoms with Crippen LogP contribution in [0.3, 0.4) is 0 Å². The molecule has 132 valence electrons. The van der Waals surface area contributed by atoms with E-state index >= 15 is 0 Å². The van der Waals surface area contributed by atoms with Crippen LogP contribution in [0.4, 0.5) is 4.39 Å². The van der Waals surface area contributed by atoms with Gasteiger partial charge in [0.1, 0.15) is 17.7 Å². The lowest BCUT2D eigenvalue weighted by Crippen LogP contribution is -2.31. The Balaban J connectivity index is 1.68. The number of nitrogens with zero attached hydrogens (tertiary/aromatic N) is 2. The SMILES string of the molecule is Cn1ccnc1C(NC(=O)c1ccc2c(c1)OCO2)c1ccccc1F. The van der Waals surface area contributed by atoms with Crippen LogP contribution in [-0.4, -0.2) is 22.3 Å². The van der Waals surface area contributed by atoms with E-state index in [1.54, 1.807) is 60.4 Å². The summed E-state index contributed by atoms with van der Waals surface area (Å²) in [5.41, 5.74) is 0.737. The average Bonchev–Trinajstić information content (AvgIpc) is 3.28. The maximum atomic E-state index is 14.4. The molecule has 1 aliphatic rings. The average molecular weight is 353 g/mol. The standard InChI is InChI=1S/C19H16FN3O3/c1-23-9-8-21-18(23)17(13-4-2-3-5-14(13)20)22-19(24)12-6-7-15-16(10-12)26-11-25-15/h2-10,17H,11H2,1H3,(H,22,24). The minimum Gasteiger partial charge on any atom is -0.454 e. The summed E-state index contributed by atoms with van der Waals surface area (Å²) < 4.78 is 26.7. The van der Waals surface area contributed by atoms with E-state index in [1.165, 1.54) is 6.07 Å². The van der Waals surface area contributed by atoms with Gasteiger partial charge < -0.3 is 19.4 Å². The van der Waals surface area contributed by atoms with Crippen molar-refractivity contribution in [3.63, 3.8) is 0 Å². The van der Waals surface area contributed by atoms with E-state index in [1.807, 2.05) is 0 Å². The molecule has 1 amide bonds. The number of hydrogen-bond acceptors (Lipinski definition) is 4. The Bertz CT molecular complexity index is 970. The molecule has 1 aromatic heterocycles. The minimum absolute atomic E-state index is 0.130. The van der Waals surface area contributed by atoms with Crippen LogP contribution in [0.1, 0.15) is 27.8 Å². The van der Waals surface area contributed by atoms with Gasteiger partial charge in [0.2, 0.25) is 6.79 Å². The monoisotopic (exact) mass is 353 g/mol. The van der Waals surface area contributed by atoms with Gasteiger partial charge in [-0.2, -0.15) is 0 Å². The van der Waals surface area contributed by atoms with Gasteiger partial charge in [-0.15, -0.1) is 0 Å². The van der Waals surface area contributed by atoms with E-state index in [0.29, 0.717) is 28.5 Å². The van der Waals surface area contributed by atoms with Crippen LogP contribution < -0.4 is 14.8 Å². The fourth-order valence-corrected chi connectivity index (χ4v) is 2.90. The number of carbonyl (C=O) groups is 1. The van der Waals surface area contributed by atoms with Crippen molar-refractivity contribution >= 4 is 5.91 Å². The van der Waals surface area contributed by atoms with Crippen molar-refractivity contribution in [2.24, 2.45) is 7.05 Å². The fourth-order valence-electron chi connectivity index (χ4n) is 2.90. The molecular weight excluding hydrogens is 337 g/mol. The Labute approximate surface area is 149 Å². The lowest BCUT2D eigenvalue weighted by Gasteiger charge is -2.20. The van der Waals surface area contributed by atoms with Crippen LogP contribution in [0.2, 0.25) is 0 Å². The van der Waals surface area contributed by atoms with Crippen molar-refractivity contribution in [1.29, 1.82) is 0 Å². The second kappa shape index (κ2) is 6.51. The van der Waals surface area contributed by atoms with Gasteiger partial charge in [0.25, 0.3) is 5.91 Å². The molecule has 1 aliphatic heterocycles. The van der Waals surface area contributed by atoms with Crippen LogP contribution in [0.5, 0.6) is 11.5 Å². The molecule has 0 bridgehead atoms. The van der Waals surface area contributed by atoms with Crippen molar-refractivity contribution < 1.29 is 18.7 Å². The molecule has 6 nitrogen and oxygen atoms in total. The molecule has 7 heteroatoms. The van der Waals surface area contributed by atoms with Crippen molar-refractivity contribution in [3.8, 4) is 11.5 Å². The smallest absolute Gasteiger partial charge is 0.252 e. The highest BCUT2D eigenvalue weighted by molar-refractivity contribution is 5.95. The largest absolute Gasteiger partial charge is 0.454 e. The fraction of sp³-hybridized carbons (Fsp3) is 0.158. The summed E-state index contributed by atoms with van der Waals surface area (Å²) in [6, 6.07) is 10.5. The molecule has 3 aromatic rings. The Morgan fingerprint density at radius 2 is 2.04 bits per heavy atom. The van der Waals surface area contributed by atoms with Gasteiger partial charge >= 0.3 is 0 Å². The number of aryl methyl sites for hydroxylation is 1. The molecule has 0 fully saturated rings. The van der Waals surface area contributed by atoms with Gasteiger partial charge in [-0.25, -0.2) is 9.37 Å². The summed E-state index contributed by atoms with van der Waals surface area (Å²) in [6.07, 6.45) is 3.35. The number of hydrogen-bond donors (Lipinski definition) is 1. The van der Waals surface area contributed by atoms with E-state index in [-0.39, 0.29) is 12.7 Å². The van der Waals surface area contributed by atoms with Crippen molar-refractivity contribution in [2.45, 2.75) is 6.04 Å². The molecule has 0 radical (unpaired) electrons. The normalized spacial score (nSPS) is 13.5. The zero-order valence-corrected chi connectivity index (χ0v) is 14.0. The van der Waals surface area contributed by atoms with Crippen LogP contribution in [0.25, 0.3) is 0 Å². The molecule has 2 heterocycles. The highest BCUT2D eigenvalue weighted by atomic mass is 19.1. The lowest BCUT2D eigenvalue weighted by molar-refractivity contribution is 0.0940. The topological polar surface area (TPSA) is 65.4 Å². The number of benzene rings is 2. The zero-order valence-electron chi connectivity index (χ0n) is 14.0. The summed E-state index contributed by atoms with van der Waals surface area (Å²) >= 11 is 0. The molecule has 4 rings (SSSR count). The van der Waals surface area contributed by atoms with E-state index in [0.717, 1.165) is 0 Å². The molecule has 2 aromatic carbocycles. The molecular formula is C19H16FN3O3. The third kappa shape index (κ3) is 2.88. The summed E-state index contributed by atoms with van der Waals surface area (Å²) in [5.74, 6) is 0.864. The molecule has 0 aliphatic carbocycles. The Morgan fingerprint density at radius 1 is 1.23 bits per heavy atom. The van der Waals surface area contributed by atoms with Crippen molar-refractivity contribution in [3.05, 3.63) is 77.6 Å². The number of imidazole rings is 1. The molecule has 1 unspecified atom stereocenters. The van der Waals surface area contributed by atoms with Gasteiger partial charge in [-0.3, -0.25) is 4.79 Å². The third-order valence-electron chi connectivity index (χ3n) is 4.24. The molecule has 0 saturated carbocycles. The molecule has 0 spiro atoms. The van der Waals surface area contributed by atoms with E-state index < -0.39 is 11.9 Å². The van der Waals surface area contributed by atoms with E-state index in [9.17, 15) is 9.18 Å². The first-order valence-corrected chi connectivity index (χ1v) is 8.05. The maximum Gasteiger partial charge on any atom is 0.252 e. The number of rotatable bonds is 4. The molecule has 1 atom stereocenters. The first kappa shape index (κ1) is 16.1. The first-order valence-electron chi connectivity index (χ1n) is 8.05. The summed E-state index contributed by atoms with van der Waals surface area (Å²) in [4.78, 5) is 17.1. The van der Waals surface area contributed by atoms with Crippen molar-refractivity contribution in [2.75, 3.05) is 6.79 Å². The number of ether oxygens (including phenoxy) is 2. The van der Waals surface area contributed by atoms with Gasteiger partial charge in [0, 0.05) is 30.6 Å². The number of carbonyl (C=O) groups excluding carboxylic acids is 1. The predicted octanol–water partition coefficient (Wildman–Crippen LogP) is 2.81. The van der Waals surface area contributed by atoms with E-state index in [4.69, 9.17) is 9.47 Å². The molecule has 26 heavy (non-hydrogen) atoms. The molecule has 1 N–H and O–H groups in total. The number of aromatic nitrogens is 2. The first-order chi connectivity index (χ1) is 12.6. The van der Waals surface area contributed by atoms with E-state index in [2.05, 4.69) is 10.3 Å². The Kier molecular flexibility index (Phi) is 4.04. The Hall–Kier alpha value is -3.35. The van der Waals surface area contributed by atoms with Gasteiger partial charge in [0.15, 0.2) is 11.5 Å². The quantitative estimate of drug-likeness (QED) is 0.783. The number of fused-ring (bicyclic) bond motifs is 1. The number of amides is 1. The number of nitrogens with one attached hydrogen (secondary N) is 1. The highest BCUT2D eigenvalue weighted by Crippen LogP contribution is 2.33. The van der Waals surface area contributed by atoms with Gasteiger partial charge in [-0.05, 0) is 24.3 Å². The highest BCUT2D eigenvalue weighted by Gasteiger charge is 2.25. The van der Waals surface area contributed by atoms with Crippen molar-refractivity contribution in [1.82, 2.24) is 14.9 Å². The zero-order chi connectivity index (χ0) is 18.1. The van der Waals surface area contributed by atoms with Crippen LogP contribution in [0, 0.1) is 5.82 Å². The maximum absolute atomic E-state index is 14.4. The minimum atomic E-state index is -0.728. The second-order valence-electron chi connectivity index (χ2n) is 5.89.